The molecule has 0 fully saturated rings. The highest BCUT2D eigenvalue weighted by Crippen LogP contribution is 2.14. The molecule has 31 heavy (non-hydrogen) atoms. The average Bonchev–Trinajstić information content (AvgIpc) is 2.76. The van der Waals surface area contributed by atoms with Crippen molar-refractivity contribution in [3.8, 4) is 0 Å². The first-order valence-electron chi connectivity index (χ1n) is 10.1. The molecule has 0 aromatic heterocycles. The smallest absolute Gasteiger partial charge is 0.408 e. The molecule has 0 saturated heterocycles. The van der Waals surface area contributed by atoms with Crippen LogP contribution in [0.15, 0.2) is 60.7 Å². The summed E-state index contributed by atoms with van der Waals surface area (Å²) in [5.41, 5.74) is 7.35. The lowest BCUT2D eigenvalue weighted by atomic mass is 10.0. The Morgan fingerprint density at radius 3 is 2.06 bits per heavy atom. The third-order valence-corrected chi connectivity index (χ3v) is 5.59. The normalized spacial score (nSPS) is 12.6. The molecule has 166 valence electrons. The molecule has 2 aromatic rings. The van der Waals surface area contributed by atoms with E-state index < -0.39 is 30.0 Å². The first-order chi connectivity index (χ1) is 14.9. The Morgan fingerprint density at radius 2 is 1.52 bits per heavy atom. The van der Waals surface area contributed by atoms with Crippen molar-refractivity contribution in [1.82, 2.24) is 10.6 Å². The van der Waals surface area contributed by atoms with E-state index in [-0.39, 0.29) is 12.5 Å². The molecule has 0 aliphatic carbocycles. The molecule has 2 atom stereocenters. The number of hydrogen-bond acceptors (Lipinski definition) is 5. The van der Waals surface area contributed by atoms with Crippen LogP contribution in [0.1, 0.15) is 25.0 Å². The first-order valence-corrected chi connectivity index (χ1v) is 11.2. The Hall–Kier alpha value is -3.00. The van der Waals surface area contributed by atoms with E-state index in [2.05, 4.69) is 10.6 Å². The third-order valence-electron chi connectivity index (χ3n) is 4.49. The van der Waals surface area contributed by atoms with E-state index in [0.29, 0.717) is 11.5 Å². The van der Waals surface area contributed by atoms with Gasteiger partial charge in [-0.3, -0.25) is 9.59 Å². The second-order valence-electron chi connectivity index (χ2n) is 7.39. The number of amides is 3. The SMILES string of the molecule is CC(C)[C@H](NC(=O)[C@H](CSCc1ccccc1)NC(=O)OCc1ccccc1)C(N)=O. The van der Waals surface area contributed by atoms with Crippen LogP contribution in [-0.4, -0.2) is 35.7 Å². The van der Waals surface area contributed by atoms with Crippen molar-refractivity contribution < 1.29 is 19.1 Å². The fourth-order valence-electron chi connectivity index (χ4n) is 2.78. The van der Waals surface area contributed by atoms with Crippen LogP contribution in [0.3, 0.4) is 0 Å². The van der Waals surface area contributed by atoms with E-state index in [4.69, 9.17) is 10.5 Å². The van der Waals surface area contributed by atoms with E-state index in [0.717, 1.165) is 11.1 Å². The van der Waals surface area contributed by atoms with Crippen LogP contribution in [0.2, 0.25) is 0 Å². The van der Waals surface area contributed by atoms with Gasteiger partial charge in [0.15, 0.2) is 0 Å². The first kappa shape index (κ1) is 24.3. The summed E-state index contributed by atoms with van der Waals surface area (Å²) in [6.07, 6.45) is -0.704. The number of thioether (sulfide) groups is 1. The summed E-state index contributed by atoms with van der Waals surface area (Å²) >= 11 is 1.50. The number of rotatable bonds is 11. The van der Waals surface area contributed by atoms with Gasteiger partial charge in [0, 0.05) is 11.5 Å². The summed E-state index contributed by atoms with van der Waals surface area (Å²) in [5, 5.41) is 5.26. The molecule has 7 nitrogen and oxygen atoms in total. The summed E-state index contributed by atoms with van der Waals surface area (Å²) in [6.45, 7) is 3.67. The van der Waals surface area contributed by atoms with Gasteiger partial charge < -0.3 is 21.1 Å². The minimum atomic E-state index is -0.877. The number of nitrogens with one attached hydrogen (secondary N) is 2. The summed E-state index contributed by atoms with van der Waals surface area (Å²) in [7, 11) is 0. The summed E-state index contributed by atoms with van der Waals surface area (Å²) in [6, 6.07) is 17.4. The van der Waals surface area contributed by atoms with E-state index in [9.17, 15) is 14.4 Å². The highest BCUT2D eigenvalue weighted by atomic mass is 32.2. The molecule has 2 aromatic carbocycles. The molecule has 0 radical (unpaired) electrons. The molecule has 4 N–H and O–H groups in total. The Balaban J connectivity index is 1.98. The second-order valence-corrected chi connectivity index (χ2v) is 8.42. The molecular weight excluding hydrogens is 414 g/mol. The predicted octanol–water partition coefficient (Wildman–Crippen LogP) is 2.84. The van der Waals surface area contributed by atoms with Crippen LogP contribution in [0, 0.1) is 5.92 Å². The number of ether oxygens (including phenoxy) is 1. The van der Waals surface area contributed by atoms with E-state index in [1.54, 1.807) is 13.8 Å². The molecule has 0 spiro atoms. The molecule has 2 rings (SSSR count). The highest BCUT2D eigenvalue weighted by Gasteiger charge is 2.27. The minimum absolute atomic E-state index is 0.0913. The maximum Gasteiger partial charge on any atom is 0.408 e. The summed E-state index contributed by atoms with van der Waals surface area (Å²) < 4.78 is 5.24. The van der Waals surface area contributed by atoms with Crippen LogP contribution in [0.5, 0.6) is 0 Å². The lowest BCUT2D eigenvalue weighted by molar-refractivity contribution is -0.129. The molecule has 0 saturated carbocycles. The Kier molecular flexibility index (Phi) is 9.90. The molecular formula is C23H29N3O4S. The molecule has 8 heteroatoms. The number of primary amides is 1. The third kappa shape index (κ3) is 8.72. The predicted molar refractivity (Wildman–Crippen MR) is 122 cm³/mol. The van der Waals surface area contributed by atoms with Crippen LogP contribution in [-0.2, 0) is 26.7 Å². The van der Waals surface area contributed by atoms with E-state index in [1.165, 1.54) is 11.8 Å². The van der Waals surface area contributed by atoms with Crippen molar-refractivity contribution in [2.75, 3.05) is 5.75 Å². The zero-order valence-electron chi connectivity index (χ0n) is 17.7. The Labute approximate surface area is 187 Å². The molecule has 0 aliphatic rings. The quantitative estimate of drug-likeness (QED) is 0.495. The van der Waals surface area contributed by atoms with Crippen LogP contribution < -0.4 is 16.4 Å². The van der Waals surface area contributed by atoms with Gasteiger partial charge >= 0.3 is 6.09 Å². The molecule has 0 aliphatic heterocycles. The summed E-state index contributed by atoms with van der Waals surface area (Å²) in [4.78, 5) is 36.8. The number of hydrogen-bond donors (Lipinski definition) is 3. The van der Waals surface area contributed by atoms with Gasteiger partial charge in [-0.15, -0.1) is 0 Å². The van der Waals surface area contributed by atoms with Gasteiger partial charge in [-0.1, -0.05) is 74.5 Å². The van der Waals surface area contributed by atoms with Gasteiger partial charge in [-0.2, -0.15) is 11.8 Å². The number of alkyl carbamates (subject to hydrolysis) is 1. The van der Waals surface area contributed by atoms with Gasteiger partial charge in [0.2, 0.25) is 11.8 Å². The van der Waals surface area contributed by atoms with E-state index in [1.807, 2.05) is 60.7 Å². The molecule has 0 heterocycles. The zero-order valence-corrected chi connectivity index (χ0v) is 18.6. The average molecular weight is 444 g/mol. The van der Waals surface area contributed by atoms with Gasteiger partial charge in [0.1, 0.15) is 18.7 Å². The second kappa shape index (κ2) is 12.6. The van der Waals surface area contributed by atoms with Crippen LogP contribution in [0.25, 0.3) is 0 Å². The largest absolute Gasteiger partial charge is 0.445 e. The van der Waals surface area contributed by atoms with Crippen molar-refractivity contribution >= 4 is 29.7 Å². The maximum absolute atomic E-state index is 12.8. The number of carbonyl (C=O) groups excluding carboxylic acids is 3. The molecule has 0 unspecified atom stereocenters. The van der Waals surface area contributed by atoms with Gasteiger partial charge in [-0.05, 0) is 17.0 Å². The van der Waals surface area contributed by atoms with E-state index >= 15 is 0 Å². The number of benzene rings is 2. The maximum atomic E-state index is 12.8. The summed E-state index contributed by atoms with van der Waals surface area (Å²) in [5.74, 6) is -0.288. The zero-order chi connectivity index (χ0) is 22.6. The fourth-order valence-corrected chi connectivity index (χ4v) is 3.80. The molecule has 3 amide bonds. The standard InChI is InChI=1S/C23H29N3O4S/c1-16(2)20(21(24)27)26-22(28)19(15-31-14-18-11-7-4-8-12-18)25-23(29)30-13-17-9-5-3-6-10-17/h3-12,16,19-20H,13-15H2,1-2H3,(H2,24,27)(H,25,29)(H,26,28)/t19-,20-/m0/s1. The van der Waals surface area contributed by atoms with Crippen LogP contribution >= 0.6 is 11.8 Å². The lowest BCUT2D eigenvalue weighted by Gasteiger charge is -2.23. The van der Waals surface area contributed by atoms with Crippen molar-refractivity contribution in [3.05, 3.63) is 71.8 Å². The van der Waals surface area contributed by atoms with Crippen molar-refractivity contribution in [1.29, 1.82) is 0 Å². The molecule has 0 bridgehead atoms. The van der Waals surface area contributed by atoms with Crippen molar-refractivity contribution in [2.24, 2.45) is 11.7 Å². The topological polar surface area (TPSA) is 111 Å². The Bertz CT molecular complexity index is 846. The van der Waals surface area contributed by atoms with Gasteiger partial charge in [-0.25, -0.2) is 4.79 Å². The monoisotopic (exact) mass is 443 g/mol. The van der Waals surface area contributed by atoms with Crippen molar-refractivity contribution in [3.63, 3.8) is 0 Å². The number of nitrogens with two attached hydrogens (primary N) is 1. The highest BCUT2D eigenvalue weighted by molar-refractivity contribution is 7.98. The number of carbonyl (C=O) groups is 3. The fraction of sp³-hybridized carbons (Fsp3) is 0.348. The van der Waals surface area contributed by atoms with Crippen LogP contribution in [0.4, 0.5) is 4.79 Å². The van der Waals surface area contributed by atoms with Gasteiger partial charge in [0.25, 0.3) is 0 Å². The van der Waals surface area contributed by atoms with Crippen molar-refractivity contribution in [2.45, 2.75) is 38.3 Å². The van der Waals surface area contributed by atoms with Gasteiger partial charge in [0.05, 0.1) is 0 Å². The Morgan fingerprint density at radius 1 is 0.935 bits per heavy atom. The minimum Gasteiger partial charge on any atom is -0.445 e. The lowest BCUT2D eigenvalue weighted by Crippen LogP contribution is -2.55.